The number of rotatable bonds is 7. The fourth-order valence-corrected chi connectivity index (χ4v) is 7.71. The summed E-state index contributed by atoms with van der Waals surface area (Å²) in [5.74, 6) is 0.548. The van der Waals surface area contributed by atoms with Gasteiger partial charge in [-0.1, -0.05) is 17.4 Å². The molecule has 0 bridgehead atoms. The zero-order chi connectivity index (χ0) is 27.4. The Labute approximate surface area is 238 Å². The predicted octanol–water partition coefficient (Wildman–Crippen LogP) is 4.47. The van der Waals surface area contributed by atoms with Crippen LogP contribution in [0.5, 0.6) is 0 Å². The van der Waals surface area contributed by atoms with Crippen molar-refractivity contribution >= 4 is 55.5 Å². The molecule has 2 atom stereocenters. The number of aliphatic hydroxyl groups is 1. The number of fused-ring (bicyclic) bond motifs is 3. The topological polar surface area (TPSA) is 135 Å². The van der Waals surface area contributed by atoms with Crippen molar-refractivity contribution in [2.45, 2.75) is 37.8 Å². The normalized spacial score (nSPS) is 21.8. The SMILES string of the molecule is Nc1nc2ccc(CNC(=O)c3cccn4c(C(=O)NC5(CO)CC6CCC6C5)c(-c5ccsc5)nc34)cc2s1. The number of thiazole rings is 1. The number of aromatic nitrogens is 3. The van der Waals surface area contributed by atoms with E-state index in [0.717, 1.165) is 47.0 Å². The van der Waals surface area contributed by atoms with Crippen LogP contribution in [0.1, 0.15) is 52.1 Å². The van der Waals surface area contributed by atoms with Gasteiger partial charge in [-0.05, 0) is 78.8 Å². The maximum absolute atomic E-state index is 13.9. The molecule has 2 aliphatic carbocycles. The van der Waals surface area contributed by atoms with E-state index in [1.165, 1.54) is 22.7 Å². The van der Waals surface area contributed by atoms with E-state index in [4.69, 9.17) is 10.7 Å². The molecule has 2 fully saturated rings. The molecular weight excluding hydrogens is 544 g/mol. The van der Waals surface area contributed by atoms with Crippen LogP contribution < -0.4 is 16.4 Å². The Bertz CT molecular complexity index is 1750. The molecule has 2 amide bonds. The fourth-order valence-electron chi connectivity index (χ4n) is 6.27. The van der Waals surface area contributed by atoms with Gasteiger partial charge in [0.15, 0.2) is 10.8 Å². The number of amides is 2. The van der Waals surface area contributed by atoms with Crippen molar-refractivity contribution in [3.63, 3.8) is 0 Å². The minimum absolute atomic E-state index is 0.0934. The summed E-state index contributed by atoms with van der Waals surface area (Å²) in [6, 6.07) is 11.2. The number of carbonyl (C=O) groups is 2. The van der Waals surface area contributed by atoms with Crippen molar-refractivity contribution in [2.24, 2.45) is 11.8 Å². The quantitative estimate of drug-likeness (QED) is 0.227. The highest BCUT2D eigenvalue weighted by atomic mass is 32.1. The molecule has 2 unspecified atom stereocenters. The van der Waals surface area contributed by atoms with Crippen LogP contribution in [-0.2, 0) is 6.54 Å². The number of nitrogens with zero attached hydrogens (tertiary/aromatic N) is 3. The third-order valence-corrected chi connectivity index (χ3v) is 9.92. The molecule has 204 valence electrons. The van der Waals surface area contributed by atoms with Crippen LogP contribution in [-0.4, -0.2) is 43.4 Å². The van der Waals surface area contributed by atoms with E-state index >= 15 is 0 Å². The van der Waals surface area contributed by atoms with Gasteiger partial charge < -0.3 is 21.5 Å². The smallest absolute Gasteiger partial charge is 0.271 e. The first-order valence-electron chi connectivity index (χ1n) is 13.3. The Kier molecular flexibility index (Phi) is 6.10. The molecule has 5 N–H and O–H groups in total. The van der Waals surface area contributed by atoms with E-state index in [2.05, 4.69) is 15.6 Å². The molecule has 0 aliphatic heterocycles. The highest BCUT2D eigenvalue weighted by Gasteiger charge is 2.50. The number of nitrogens with two attached hydrogens (primary N) is 1. The summed E-state index contributed by atoms with van der Waals surface area (Å²) in [5.41, 5.74) is 9.43. The van der Waals surface area contributed by atoms with Crippen LogP contribution in [0.15, 0.2) is 53.4 Å². The number of hydrogen-bond donors (Lipinski definition) is 4. The lowest BCUT2D eigenvalue weighted by molar-refractivity contribution is 0.0827. The van der Waals surface area contributed by atoms with Gasteiger partial charge in [0.1, 0.15) is 11.4 Å². The summed E-state index contributed by atoms with van der Waals surface area (Å²) in [6.07, 6.45) is 5.65. The monoisotopic (exact) mass is 572 g/mol. The van der Waals surface area contributed by atoms with Crippen molar-refractivity contribution in [1.82, 2.24) is 25.0 Å². The molecule has 0 radical (unpaired) electrons. The van der Waals surface area contributed by atoms with Crippen molar-refractivity contribution < 1.29 is 14.7 Å². The van der Waals surface area contributed by atoms with Gasteiger partial charge >= 0.3 is 0 Å². The Balaban J connectivity index is 1.21. The second-order valence-electron chi connectivity index (χ2n) is 10.9. The number of nitrogen functional groups attached to an aromatic ring is 1. The van der Waals surface area contributed by atoms with Gasteiger partial charge in [-0.3, -0.25) is 14.0 Å². The Hall–Kier alpha value is -3.80. The van der Waals surface area contributed by atoms with E-state index < -0.39 is 5.54 Å². The lowest BCUT2D eigenvalue weighted by Gasteiger charge is -2.29. The van der Waals surface area contributed by atoms with Crippen molar-refractivity contribution in [2.75, 3.05) is 12.3 Å². The summed E-state index contributed by atoms with van der Waals surface area (Å²) >= 11 is 2.93. The average Bonchev–Trinajstić information content (AvgIpc) is 3.72. The predicted molar refractivity (Wildman–Crippen MR) is 156 cm³/mol. The number of benzene rings is 1. The molecule has 11 heteroatoms. The molecular formula is C29H28N6O3S2. The van der Waals surface area contributed by atoms with Gasteiger partial charge in [0.25, 0.3) is 11.8 Å². The highest BCUT2D eigenvalue weighted by Crippen LogP contribution is 2.51. The van der Waals surface area contributed by atoms with Crippen LogP contribution >= 0.6 is 22.7 Å². The van der Waals surface area contributed by atoms with Crippen molar-refractivity contribution in [3.05, 3.63) is 70.2 Å². The number of carbonyl (C=O) groups excluding carboxylic acids is 2. The molecule has 4 aromatic heterocycles. The summed E-state index contributed by atoms with van der Waals surface area (Å²) in [6.45, 7) is 0.226. The number of aliphatic hydroxyl groups excluding tert-OH is 1. The van der Waals surface area contributed by atoms with E-state index in [1.807, 2.05) is 35.0 Å². The number of nitrogens with one attached hydrogen (secondary N) is 2. The van der Waals surface area contributed by atoms with Gasteiger partial charge in [-0.25, -0.2) is 9.97 Å². The zero-order valence-corrected chi connectivity index (χ0v) is 23.2. The summed E-state index contributed by atoms with van der Waals surface area (Å²) in [4.78, 5) is 36.4. The minimum atomic E-state index is -0.627. The Morgan fingerprint density at radius 2 is 1.95 bits per heavy atom. The van der Waals surface area contributed by atoms with E-state index in [9.17, 15) is 14.7 Å². The number of imidazole rings is 1. The third kappa shape index (κ3) is 4.25. The average molecular weight is 573 g/mol. The van der Waals surface area contributed by atoms with Gasteiger partial charge in [0.2, 0.25) is 0 Å². The maximum atomic E-state index is 13.9. The maximum Gasteiger partial charge on any atom is 0.271 e. The van der Waals surface area contributed by atoms with Crippen LogP contribution in [0.25, 0.3) is 27.1 Å². The van der Waals surface area contributed by atoms with Gasteiger partial charge in [0, 0.05) is 23.7 Å². The first-order valence-corrected chi connectivity index (χ1v) is 15.1. The lowest BCUT2D eigenvalue weighted by atomic mass is 9.77. The van der Waals surface area contributed by atoms with Crippen LogP contribution in [0, 0.1) is 11.8 Å². The summed E-state index contributed by atoms with van der Waals surface area (Å²) in [7, 11) is 0. The zero-order valence-electron chi connectivity index (χ0n) is 21.6. The van der Waals surface area contributed by atoms with Crippen molar-refractivity contribution in [3.8, 4) is 11.3 Å². The molecule has 4 heterocycles. The highest BCUT2D eigenvalue weighted by molar-refractivity contribution is 7.22. The van der Waals surface area contributed by atoms with Crippen LogP contribution in [0.3, 0.4) is 0 Å². The van der Waals surface area contributed by atoms with Gasteiger partial charge in [-0.15, -0.1) is 0 Å². The van der Waals surface area contributed by atoms with Gasteiger partial charge in [-0.2, -0.15) is 11.3 Å². The van der Waals surface area contributed by atoms with Gasteiger partial charge in [0.05, 0.1) is 27.9 Å². The van der Waals surface area contributed by atoms with E-state index in [0.29, 0.717) is 46.1 Å². The van der Waals surface area contributed by atoms with E-state index in [1.54, 1.807) is 22.7 Å². The number of pyridine rings is 1. The second-order valence-corrected chi connectivity index (χ2v) is 12.7. The Morgan fingerprint density at radius 3 is 2.67 bits per heavy atom. The molecule has 9 nitrogen and oxygen atoms in total. The van der Waals surface area contributed by atoms with Crippen LogP contribution in [0.4, 0.5) is 5.13 Å². The largest absolute Gasteiger partial charge is 0.394 e. The molecule has 0 spiro atoms. The number of anilines is 1. The van der Waals surface area contributed by atoms with E-state index in [-0.39, 0.29) is 18.4 Å². The molecule has 1 aromatic carbocycles. The first-order chi connectivity index (χ1) is 19.4. The molecule has 40 heavy (non-hydrogen) atoms. The molecule has 2 saturated carbocycles. The summed E-state index contributed by atoms with van der Waals surface area (Å²) < 4.78 is 2.66. The Morgan fingerprint density at radius 1 is 1.12 bits per heavy atom. The van der Waals surface area contributed by atoms with Crippen molar-refractivity contribution in [1.29, 1.82) is 0 Å². The molecule has 5 aromatic rings. The minimum Gasteiger partial charge on any atom is -0.394 e. The van der Waals surface area contributed by atoms with Crippen LogP contribution in [0.2, 0.25) is 0 Å². The summed E-state index contributed by atoms with van der Waals surface area (Å²) in [5, 5.41) is 20.9. The first kappa shape index (κ1) is 25.2. The second kappa shape index (κ2) is 9.69. The molecule has 0 saturated heterocycles. The standard InChI is InChI=1S/C29H28N6O3S2/c30-28-32-21-6-3-16(10-22(21)40-28)13-31-26(37)20-2-1-8-35-24(23(33-25(20)35)19-7-9-39-14-19)27(38)34-29(15-36)11-17-4-5-18(17)12-29/h1-3,6-10,14,17-18,36H,4-5,11-13,15H2,(H2,30,32)(H,31,37)(H,34,38). The third-order valence-electron chi connectivity index (χ3n) is 8.39. The molecule has 2 aliphatic rings. The molecule has 7 rings (SSSR count). The fraction of sp³-hybridized carbons (Fsp3) is 0.310. The number of hydrogen-bond acceptors (Lipinski definition) is 8. The number of thiophene rings is 1. The lowest BCUT2D eigenvalue weighted by Crippen LogP contribution is -2.50.